The third kappa shape index (κ3) is 4.09. The van der Waals surface area contributed by atoms with Gasteiger partial charge in [-0.05, 0) is 29.9 Å². The summed E-state index contributed by atoms with van der Waals surface area (Å²) >= 11 is 18.5. The highest BCUT2D eigenvalue weighted by atomic mass is 35.5. The number of hydrogen-bond donors (Lipinski definition) is 2. The Morgan fingerprint density at radius 1 is 1.25 bits per heavy atom. The smallest absolute Gasteiger partial charge is 0.253 e. The monoisotopic (exact) mass is 437 g/mol. The molecular weight excluding hydrogens is 423 g/mol. The topological polar surface area (TPSA) is 86.7 Å². The Morgan fingerprint density at radius 2 is 2.00 bits per heavy atom. The van der Waals surface area contributed by atoms with Gasteiger partial charge < -0.3 is 10.6 Å². The van der Waals surface area contributed by atoms with Crippen LogP contribution in [0.5, 0.6) is 0 Å². The SMILES string of the molecule is BC1=NN(c2ncccc2Cl)C(C(=O)Nc2c(Cl)cc(Cl)cc2C(=O)NC)C1. The highest BCUT2D eigenvalue weighted by Gasteiger charge is 2.34. The van der Waals surface area contributed by atoms with Crippen LogP contribution in [-0.2, 0) is 4.79 Å². The molecule has 0 radical (unpaired) electrons. The van der Waals surface area contributed by atoms with Crippen molar-refractivity contribution in [2.45, 2.75) is 12.5 Å². The molecule has 144 valence electrons. The van der Waals surface area contributed by atoms with Crippen LogP contribution in [0.1, 0.15) is 16.8 Å². The van der Waals surface area contributed by atoms with Crippen LogP contribution in [0.2, 0.25) is 15.1 Å². The van der Waals surface area contributed by atoms with Crippen LogP contribution in [-0.4, -0.2) is 43.3 Å². The van der Waals surface area contributed by atoms with Crippen molar-refractivity contribution in [1.29, 1.82) is 0 Å². The lowest BCUT2D eigenvalue weighted by atomic mass is 9.95. The number of carbonyl (C=O) groups is 2. The summed E-state index contributed by atoms with van der Waals surface area (Å²) in [5.74, 6) is -0.463. The number of amides is 2. The van der Waals surface area contributed by atoms with Gasteiger partial charge in [-0.25, -0.2) is 9.99 Å². The van der Waals surface area contributed by atoms with Gasteiger partial charge in [-0.2, -0.15) is 5.10 Å². The molecule has 1 aromatic carbocycles. The number of hydrogen-bond acceptors (Lipinski definition) is 5. The van der Waals surface area contributed by atoms with Crippen LogP contribution in [0.15, 0.2) is 35.6 Å². The largest absolute Gasteiger partial charge is 0.355 e. The second-order valence-electron chi connectivity index (χ2n) is 6.09. The van der Waals surface area contributed by atoms with Gasteiger partial charge in [0.05, 0.1) is 21.3 Å². The van der Waals surface area contributed by atoms with E-state index in [9.17, 15) is 9.59 Å². The van der Waals surface area contributed by atoms with Crippen molar-refractivity contribution in [3.63, 3.8) is 0 Å². The van der Waals surface area contributed by atoms with Gasteiger partial charge >= 0.3 is 0 Å². The number of pyridine rings is 1. The van der Waals surface area contributed by atoms with Crippen LogP contribution in [0, 0.1) is 0 Å². The molecule has 3 rings (SSSR count). The molecule has 1 aliphatic rings. The second-order valence-corrected chi connectivity index (χ2v) is 7.34. The summed E-state index contributed by atoms with van der Waals surface area (Å²) in [5.41, 5.74) is 1.08. The molecule has 1 aromatic heterocycles. The minimum absolute atomic E-state index is 0.150. The van der Waals surface area contributed by atoms with Crippen LogP contribution < -0.4 is 15.6 Å². The maximum absolute atomic E-state index is 13.0. The minimum Gasteiger partial charge on any atom is -0.355 e. The first-order valence-corrected chi connectivity index (χ1v) is 9.41. The fourth-order valence-electron chi connectivity index (χ4n) is 2.83. The predicted octanol–water partition coefficient (Wildman–Crippen LogP) is 2.57. The second kappa shape index (κ2) is 8.38. The Bertz CT molecular complexity index is 985. The molecule has 0 spiro atoms. The quantitative estimate of drug-likeness (QED) is 0.719. The Morgan fingerprint density at radius 3 is 2.68 bits per heavy atom. The van der Waals surface area contributed by atoms with E-state index in [1.54, 1.807) is 18.3 Å². The number of anilines is 2. The van der Waals surface area contributed by atoms with Crippen LogP contribution >= 0.6 is 34.8 Å². The number of hydrazone groups is 1. The number of aromatic nitrogens is 1. The van der Waals surface area contributed by atoms with Crippen molar-refractivity contribution in [3.8, 4) is 0 Å². The molecule has 0 fully saturated rings. The average molecular weight is 439 g/mol. The van der Waals surface area contributed by atoms with E-state index in [-0.39, 0.29) is 21.3 Å². The van der Waals surface area contributed by atoms with Gasteiger partial charge in [-0.3, -0.25) is 9.59 Å². The van der Waals surface area contributed by atoms with Crippen molar-refractivity contribution in [3.05, 3.63) is 51.1 Å². The van der Waals surface area contributed by atoms with E-state index < -0.39 is 17.9 Å². The molecular formula is C17H15BCl3N5O2. The van der Waals surface area contributed by atoms with E-state index >= 15 is 0 Å². The Hall–Kier alpha value is -2.29. The van der Waals surface area contributed by atoms with Gasteiger partial charge in [-0.1, -0.05) is 34.8 Å². The molecule has 2 aromatic rings. The van der Waals surface area contributed by atoms with E-state index in [2.05, 4.69) is 20.7 Å². The lowest BCUT2D eigenvalue weighted by Gasteiger charge is -2.23. The first-order valence-electron chi connectivity index (χ1n) is 8.27. The molecule has 28 heavy (non-hydrogen) atoms. The van der Waals surface area contributed by atoms with Gasteiger partial charge in [0.2, 0.25) is 5.91 Å². The molecule has 1 atom stereocenters. The molecule has 2 heterocycles. The fourth-order valence-corrected chi connectivity index (χ4v) is 3.58. The van der Waals surface area contributed by atoms with Crippen molar-refractivity contribution < 1.29 is 9.59 Å². The minimum atomic E-state index is -0.698. The number of halogens is 3. The Labute approximate surface area is 177 Å². The van der Waals surface area contributed by atoms with Crippen molar-refractivity contribution in [2.24, 2.45) is 5.10 Å². The van der Waals surface area contributed by atoms with E-state index in [4.69, 9.17) is 34.8 Å². The van der Waals surface area contributed by atoms with E-state index in [0.717, 1.165) is 5.61 Å². The van der Waals surface area contributed by atoms with Gasteiger partial charge in [0.15, 0.2) is 13.7 Å². The summed E-state index contributed by atoms with van der Waals surface area (Å²) in [6.45, 7) is 0. The van der Waals surface area contributed by atoms with Crippen LogP contribution in [0.3, 0.4) is 0 Å². The van der Waals surface area contributed by atoms with Crippen molar-refractivity contribution >= 4 is 71.6 Å². The summed E-state index contributed by atoms with van der Waals surface area (Å²) in [5, 5.41) is 11.9. The summed E-state index contributed by atoms with van der Waals surface area (Å²) in [6, 6.07) is 5.55. The summed E-state index contributed by atoms with van der Waals surface area (Å²) < 4.78 is 0. The lowest BCUT2D eigenvalue weighted by molar-refractivity contribution is -0.117. The highest BCUT2D eigenvalue weighted by molar-refractivity contribution is 6.60. The fraction of sp³-hybridized carbons (Fsp3) is 0.176. The van der Waals surface area contributed by atoms with E-state index in [1.165, 1.54) is 24.2 Å². The third-order valence-electron chi connectivity index (χ3n) is 4.10. The number of carbonyl (C=O) groups excluding carboxylic acids is 2. The molecule has 2 amide bonds. The summed E-state index contributed by atoms with van der Waals surface area (Å²) in [6.07, 6.45) is 1.94. The first-order chi connectivity index (χ1) is 13.3. The lowest BCUT2D eigenvalue weighted by Crippen LogP contribution is -2.39. The molecule has 0 bridgehead atoms. The predicted molar refractivity (Wildman–Crippen MR) is 115 cm³/mol. The summed E-state index contributed by atoms with van der Waals surface area (Å²) in [4.78, 5) is 29.4. The van der Waals surface area contributed by atoms with E-state index in [1.807, 2.05) is 7.85 Å². The van der Waals surface area contributed by atoms with Gasteiger partial charge in [-0.15, -0.1) is 0 Å². The number of rotatable bonds is 4. The number of nitrogens with one attached hydrogen (secondary N) is 2. The van der Waals surface area contributed by atoms with Gasteiger partial charge in [0.1, 0.15) is 6.04 Å². The maximum Gasteiger partial charge on any atom is 0.253 e. The normalized spacial score (nSPS) is 15.9. The number of nitrogens with zero attached hydrogens (tertiary/aromatic N) is 3. The maximum atomic E-state index is 13.0. The van der Waals surface area contributed by atoms with Crippen LogP contribution in [0.4, 0.5) is 11.5 Å². The van der Waals surface area contributed by atoms with Crippen molar-refractivity contribution in [1.82, 2.24) is 10.3 Å². The number of benzene rings is 1. The van der Waals surface area contributed by atoms with E-state index in [0.29, 0.717) is 17.3 Å². The molecule has 0 saturated carbocycles. The Balaban J connectivity index is 1.93. The molecule has 1 unspecified atom stereocenters. The summed E-state index contributed by atoms with van der Waals surface area (Å²) in [7, 11) is 3.28. The molecule has 0 saturated heterocycles. The van der Waals surface area contributed by atoms with Gasteiger partial charge in [0.25, 0.3) is 5.91 Å². The third-order valence-corrected chi connectivity index (χ3v) is 4.91. The standard InChI is InChI=1S/C17H15BCl3N5O2/c1-22-16(27)9-5-8(19)6-11(21)14(9)24-17(28)12-7-13(18)25-26(12)15-10(20)3-2-4-23-15/h2-6,12H,7,18H2,1H3,(H,22,27)(H,24,28). The Kier molecular flexibility index (Phi) is 6.12. The van der Waals surface area contributed by atoms with Crippen molar-refractivity contribution in [2.75, 3.05) is 17.4 Å². The van der Waals surface area contributed by atoms with Gasteiger partial charge in [0, 0.05) is 24.7 Å². The molecule has 7 nitrogen and oxygen atoms in total. The average Bonchev–Trinajstić information content (AvgIpc) is 3.05. The molecule has 11 heteroatoms. The van der Waals surface area contributed by atoms with Crippen LogP contribution in [0.25, 0.3) is 0 Å². The zero-order valence-corrected chi connectivity index (χ0v) is 17.2. The molecule has 0 aliphatic carbocycles. The zero-order valence-electron chi connectivity index (χ0n) is 15.0. The first kappa shape index (κ1) is 20.4. The molecule has 1 aliphatic heterocycles. The highest BCUT2D eigenvalue weighted by Crippen LogP contribution is 2.33. The molecule has 2 N–H and O–H groups in total. The zero-order chi connectivity index (χ0) is 20.4.